The Morgan fingerprint density at radius 1 is 1.36 bits per heavy atom. The zero-order chi connectivity index (χ0) is 24.0. The number of anilines is 1. The minimum atomic E-state index is -4.98. The molecule has 2 aromatic rings. The molecule has 3 N–H and O–H groups in total. The third-order valence-corrected chi connectivity index (χ3v) is 4.37. The van der Waals surface area contributed by atoms with E-state index in [1.807, 2.05) is 0 Å². The normalized spacial score (nSPS) is 14.2. The summed E-state index contributed by atoms with van der Waals surface area (Å²) in [6.45, 7) is 0.234. The summed E-state index contributed by atoms with van der Waals surface area (Å²) in [5, 5.41) is 22.9. The number of ether oxygens (including phenoxy) is 1. The molecule has 1 aromatic carbocycles. The molecule has 1 aliphatic heterocycles. The summed E-state index contributed by atoms with van der Waals surface area (Å²) in [5.41, 5.74) is -0.118. The maximum absolute atomic E-state index is 12.7. The molecule has 170 valence electrons. The quantitative estimate of drug-likeness (QED) is 0.570. The van der Waals surface area contributed by atoms with Gasteiger partial charge in [0, 0.05) is 30.5 Å². The molecule has 2 heterocycles. The summed E-state index contributed by atoms with van der Waals surface area (Å²) in [6, 6.07) is 8.20. The SMILES string of the molecule is N#Cc1cc(OC(F)(F)F)cc(/C(=C/C(=N)C(=O)N2CCNC(=O)C2)Nc2cccnc2)c1. The van der Waals surface area contributed by atoms with Crippen LogP contribution in [0.25, 0.3) is 5.70 Å². The summed E-state index contributed by atoms with van der Waals surface area (Å²) < 4.78 is 42.2. The van der Waals surface area contributed by atoms with Gasteiger partial charge in [0.15, 0.2) is 0 Å². The van der Waals surface area contributed by atoms with Crippen molar-refractivity contribution in [3.05, 3.63) is 59.9 Å². The Morgan fingerprint density at radius 3 is 2.79 bits per heavy atom. The van der Waals surface area contributed by atoms with E-state index < -0.39 is 23.7 Å². The Hall–Kier alpha value is -4.40. The van der Waals surface area contributed by atoms with Crippen LogP contribution in [0, 0.1) is 16.7 Å². The Bertz CT molecular complexity index is 1140. The highest BCUT2D eigenvalue weighted by molar-refractivity contribution is 6.43. The lowest BCUT2D eigenvalue weighted by Crippen LogP contribution is -2.51. The van der Waals surface area contributed by atoms with Crippen LogP contribution in [0.1, 0.15) is 11.1 Å². The second kappa shape index (κ2) is 9.82. The minimum Gasteiger partial charge on any atom is -0.406 e. The number of amides is 2. The van der Waals surface area contributed by atoms with Gasteiger partial charge in [-0.3, -0.25) is 20.0 Å². The number of hydrogen-bond donors (Lipinski definition) is 3. The van der Waals surface area contributed by atoms with Gasteiger partial charge < -0.3 is 20.3 Å². The first-order valence-corrected chi connectivity index (χ1v) is 9.49. The van der Waals surface area contributed by atoms with E-state index in [0.717, 1.165) is 18.2 Å². The van der Waals surface area contributed by atoms with Crippen LogP contribution in [0.15, 0.2) is 48.8 Å². The van der Waals surface area contributed by atoms with E-state index in [4.69, 9.17) is 5.41 Å². The lowest BCUT2D eigenvalue weighted by Gasteiger charge is -2.26. The van der Waals surface area contributed by atoms with Crippen molar-refractivity contribution >= 4 is 28.9 Å². The van der Waals surface area contributed by atoms with Crippen LogP contribution in [0.4, 0.5) is 18.9 Å². The van der Waals surface area contributed by atoms with Crippen LogP contribution in [-0.4, -0.2) is 53.4 Å². The summed E-state index contributed by atoms with van der Waals surface area (Å²) in [5.74, 6) is -1.74. The number of halogens is 3. The summed E-state index contributed by atoms with van der Waals surface area (Å²) in [6.07, 6.45) is -0.943. The molecule has 12 heteroatoms. The number of nitrogens with zero attached hydrogens (tertiary/aromatic N) is 3. The smallest absolute Gasteiger partial charge is 0.406 e. The summed E-state index contributed by atoms with van der Waals surface area (Å²) >= 11 is 0. The first kappa shape index (κ1) is 23.3. The van der Waals surface area contributed by atoms with Crippen molar-refractivity contribution in [1.29, 1.82) is 10.7 Å². The van der Waals surface area contributed by atoms with Gasteiger partial charge in [-0.25, -0.2) is 0 Å². The molecule has 0 saturated carbocycles. The molecule has 0 unspecified atom stereocenters. The van der Waals surface area contributed by atoms with Gasteiger partial charge in [-0.05, 0) is 36.4 Å². The third-order valence-electron chi connectivity index (χ3n) is 4.37. The second-order valence-electron chi connectivity index (χ2n) is 6.82. The molecule has 1 saturated heterocycles. The number of carbonyl (C=O) groups is 2. The number of hydrogen-bond acceptors (Lipinski definition) is 7. The van der Waals surface area contributed by atoms with E-state index in [1.54, 1.807) is 18.2 Å². The molecule has 0 radical (unpaired) electrons. The van der Waals surface area contributed by atoms with E-state index in [-0.39, 0.29) is 42.4 Å². The molecule has 1 fully saturated rings. The largest absolute Gasteiger partial charge is 0.573 e. The lowest BCUT2D eigenvalue weighted by molar-refractivity contribution is -0.274. The van der Waals surface area contributed by atoms with Gasteiger partial charge in [-0.15, -0.1) is 13.2 Å². The topological polar surface area (TPSA) is 131 Å². The maximum atomic E-state index is 12.7. The van der Waals surface area contributed by atoms with Crippen LogP contribution in [0.3, 0.4) is 0 Å². The van der Waals surface area contributed by atoms with Crippen LogP contribution in [0.2, 0.25) is 0 Å². The predicted molar refractivity (Wildman–Crippen MR) is 111 cm³/mol. The van der Waals surface area contributed by atoms with Crippen molar-refractivity contribution in [1.82, 2.24) is 15.2 Å². The molecule has 0 aliphatic carbocycles. The molecule has 0 atom stereocenters. The van der Waals surface area contributed by atoms with Gasteiger partial charge in [0.05, 0.1) is 30.1 Å². The standard InChI is InChI=1S/C21H17F3N6O3/c22-21(23,24)33-16-7-13(10-25)6-14(8-16)18(29-15-2-1-3-27-11-15)9-17(26)20(32)30-5-4-28-19(31)12-30/h1-3,6-9,11,26,29H,4-5,12H2,(H,28,31)/b18-9-,26-17?. The van der Waals surface area contributed by atoms with Gasteiger partial charge >= 0.3 is 6.36 Å². The van der Waals surface area contributed by atoms with E-state index in [9.17, 15) is 28.0 Å². The van der Waals surface area contributed by atoms with Crippen LogP contribution in [0.5, 0.6) is 5.75 Å². The fraction of sp³-hybridized carbons (Fsp3) is 0.190. The highest BCUT2D eigenvalue weighted by Crippen LogP contribution is 2.28. The molecule has 1 aromatic heterocycles. The van der Waals surface area contributed by atoms with Crippen LogP contribution in [-0.2, 0) is 9.59 Å². The van der Waals surface area contributed by atoms with Crippen molar-refractivity contribution in [2.45, 2.75) is 6.36 Å². The van der Waals surface area contributed by atoms with Gasteiger partial charge in [0.2, 0.25) is 5.91 Å². The van der Waals surface area contributed by atoms with E-state index in [0.29, 0.717) is 5.69 Å². The molecule has 33 heavy (non-hydrogen) atoms. The second-order valence-corrected chi connectivity index (χ2v) is 6.82. The Morgan fingerprint density at radius 2 is 2.15 bits per heavy atom. The number of rotatable bonds is 6. The van der Waals surface area contributed by atoms with Crippen molar-refractivity contribution in [3.63, 3.8) is 0 Å². The number of nitriles is 1. The highest BCUT2D eigenvalue weighted by atomic mass is 19.4. The number of aromatic nitrogens is 1. The van der Waals surface area contributed by atoms with E-state index in [2.05, 4.69) is 20.4 Å². The Labute approximate surface area is 186 Å². The summed E-state index contributed by atoms with van der Waals surface area (Å²) in [4.78, 5) is 29.3. The molecule has 0 spiro atoms. The van der Waals surface area contributed by atoms with Crippen LogP contribution < -0.4 is 15.4 Å². The zero-order valence-electron chi connectivity index (χ0n) is 16.9. The third kappa shape index (κ3) is 6.54. The Kier molecular flexibility index (Phi) is 6.92. The molecule has 3 rings (SSSR count). The monoisotopic (exact) mass is 458 g/mol. The van der Waals surface area contributed by atoms with Crippen molar-refractivity contribution in [2.75, 3.05) is 25.0 Å². The first-order valence-electron chi connectivity index (χ1n) is 9.49. The Balaban J connectivity index is 2.00. The molecule has 0 bridgehead atoms. The number of alkyl halides is 3. The zero-order valence-corrected chi connectivity index (χ0v) is 16.9. The van der Waals surface area contributed by atoms with Gasteiger partial charge in [-0.2, -0.15) is 5.26 Å². The first-order chi connectivity index (χ1) is 15.6. The molecular weight excluding hydrogens is 441 g/mol. The van der Waals surface area contributed by atoms with E-state index in [1.165, 1.54) is 23.4 Å². The summed E-state index contributed by atoms with van der Waals surface area (Å²) in [7, 11) is 0. The number of pyridine rings is 1. The van der Waals surface area contributed by atoms with Gasteiger partial charge in [-0.1, -0.05) is 0 Å². The fourth-order valence-corrected chi connectivity index (χ4v) is 2.98. The average Bonchev–Trinajstić information content (AvgIpc) is 2.77. The highest BCUT2D eigenvalue weighted by Gasteiger charge is 2.31. The average molecular weight is 458 g/mol. The van der Waals surface area contributed by atoms with Crippen molar-refractivity contribution in [3.8, 4) is 11.8 Å². The lowest BCUT2D eigenvalue weighted by atomic mass is 10.1. The molecule has 9 nitrogen and oxygen atoms in total. The van der Waals surface area contributed by atoms with E-state index >= 15 is 0 Å². The number of carbonyl (C=O) groups excluding carboxylic acids is 2. The molecule has 2 amide bonds. The maximum Gasteiger partial charge on any atom is 0.573 e. The molecular formula is C21H17F3N6O3. The number of benzene rings is 1. The predicted octanol–water partition coefficient (Wildman–Crippen LogP) is 2.28. The fourth-order valence-electron chi connectivity index (χ4n) is 2.98. The minimum absolute atomic E-state index is 0.0481. The van der Waals surface area contributed by atoms with Crippen LogP contribution >= 0.6 is 0 Å². The van der Waals surface area contributed by atoms with Crippen molar-refractivity contribution < 1.29 is 27.5 Å². The van der Waals surface area contributed by atoms with Gasteiger partial charge in [0.25, 0.3) is 5.91 Å². The number of piperazine rings is 1. The number of nitrogens with one attached hydrogen (secondary N) is 3. The van der Waals surface area contributed by atoms with Gasteiger partial charge in [0.1, 0.15) is 11.5 Å². The van der Waals surface area contributed by atoms with Crippen molar-refractivity contribution in [2.24, 2.45) is 0 Å². The molecule has 1 aliphatic rings.